The number of hydrogen-bond donors (Lipinski definition) is 1. The Bertz CT molecular complexity index is 1250. The Morgan fingerprint density at radius 3 is 2.66 bits per heavy atom. The van der Waals surface area contributed by atoms with E-state index in [-0.39, 0.29) is 11.2 Å². The van der Waals surface area contributed by atoms with Crippen molar-refractivity contribution >= 4 is 56.5 Å². The number of benzene rings is 2. The van der Waals surface area contributed by atoms with Gasteiger partial charge in [0.05, 0.1) is 10.6 Å². The molecule has 0 fully saturated rings. The van der Waals surface area contributed by atoms with E-state index in [1.807, 2.05) is 26.0 Å². The summed E-state index contributed by atoms with van der Waals surface area (Å²) in [4.78, 5) is 23.1. The minimum absolute atomic E-state index is 0.0568. The number of halogens is 1. The predicted octanol–water partition coefficient (Wildman–Crippen LogP) is 7.39. The van der Waals surface area contributed by atoms with Crippen molar-refractivity contribution in [3.05, 3.63) is 70.3 Å². The summed E-state index contributed by atoms with van der Waals surface area (Å²) in [5.74, 6) is -0.0568. The molecule has 1 atom stereocenters. The Morgan fingerprint density at radius 2 is 1.94 bits per heavy atom. The number of nitrogens with one attached hydrogen (secondary N) is 1. The summed E-state index contributed by atoms with van der Waals surface area (Å²) in [6.45, 7) is 6.12. The molecule has 1 unspecified atom stereocenters. The van der Waals surface area contributed by atoms with Crippen molar-refractivity contribution in [2.24, 2.45) is 0 Å². The minimum atomic E-state index is -0.290. The number of aryl methyl sites for hydroxylation is 2. The van der Waals surface area contributed by atoms with Crippen molar-refractivity contribution in [2.45, 2.75) is 43.9 Å². The quantitative estimate of drug-likeness (QED) is 0.221. The van der Waals surface area contributed by atoms with E-state index in [9.17, 15) is 4.79 Å². The van der Waals surface area contributed by atoms with Crippen molar-refractivity contribution in [3.8, 4) is 11.1 Å². The van der Waals surface area contributed by atoms with Gasteiger partial charge in [-0.3, -0.25) is 4.79 Å². The SMILES string of the molecule is CCc1ccc(-c2csc3ncnc(SC(CC)C(=O)Nc4cc(Cl)ccc4C)c23)cc1. The van der Waals surface area contributed by atoms with Crippen LogP contribution in [0.1, 0.15) is 31.4 Å². The highest BCUT2D eigenvalue weighted by atomic mass is 35.5. The summed E-state index contributed by atoms with van der Waals surface area (Å²) < 4.78 is 0. The number of carbonyl (C=O) groups is 1. The van der Waals surface area contributed by atoms with Gasteiger partial charge in [-0.1, -0.05) is 67.5 Å². The van der Waals surface area contributed by atoms with Crippen molar-refractivity contribution in [1.29, 1.82) is 0 Å². The maximum absolute atomic E-state index is 13.1. The Balaban J connectivity index is 1.64. The van der Waals surface area contributed by atoms with Gasteiger partial charge in [0.1, 0.15) is 16.2 Å². The Morgan fingerprint density at radius 1 is 1.16 bits per heavy atom. The van der Waals surface area contributed by atoms with Crippen molar-refractivity contribution in [3.63, 3.8) is 0 Å². The number of thioether (sulfide) groups is 1. The third kappa shape index (κ3) is 4.82. The first-order chi connectivity index (χ1) is 15.5. The van der Waals surface area contributed by atoms with E-state index < -0.39 is 0 Å². The van der Waals surface area contributed by atoms with Crippen LogP contribution >= 0.6 is 34.7 Å². The lowest BCUT2D eigenvalue weighted by atomic mass is 10.0. The molecule has 1 amide bonds. The molecular formula is C25H24ClN3OS2. The van der Waals surface area contributed by atoms with Crippen LogP contribution in [0.5, 0.6) is 0 Å². The minimum Gasteiger partial charge on any atom is -0.325 e. The lowest BCUT2D eigenvalue weighted by Gasteiger charge is -2.16. The fourth-order valence-corrected chi connectivity index (χ4v) is 5.66. The third-order valence-corrected chi connectivity index (χ3v) is 7.87. The smallest absolute Gasteiger partial charge is 0.237 e. The van der Waals surface area contributed by atoms with E-state index in [0.29, 0.717) is 11.4 Å². The molecular weight excluding hydrogens is 458 g/mol. The van der Waals surface area contributed by atoms with Crippen LogP contribution in [0.4, 0.5) is 5.69 Å². The molecule has 164 valence electrons. The first-order valence-corrected chi connectivity index (χ1v) is 12.7. The number of rotatable bonds is 7. The molecule has 7 heteroatoms. The van der Waals surface area contributed by atoms with Gasteiger partial charge in [-0.05, 0) is 48.6 Å². The van der Waals surface area contributed by atoms with Gasteiger partial charge >= 0.3 is 0 Å². The molecule has 2 aromatic carbocycles. The molecule has 0 aliphatic rings. The van der Waals surface area contributed by atoms with Gasteiger partial charge < -0.3 is 5.32 Å². The van der Waals surface area contributed by atoms with Crippen molar-refractivity contribution in [2.75, 3.05) is 5.32 Å². The second-order valence-corrected chi connectivity index (χ2v) is 10.0. The zero-order valence-electron chi connectivity index (χ0n) is 18.2. The molecule has 2 heterocycles. The fraction of sp³-hybridized carbons (Fsp3) is 0.240. The van der Waals surface area contributed by atoms with Crippen LogP contribution in [0, 0.1) is 6.92 Å². The second kappa shape index (κ2) is 10.0. The number of hydrogen-bond acceptors (Lipinski definition) is 5. The Hall–Kier alpha value is -2.41. The van der Waals surface area contributed by atoms with Crippen LogP contribution in [0.3, 0.4) is 0 Å². The van der Waals surface area contributed by atoms with Gasteiger partial charge in [-0.25, -0.2) is 9.97 Å². The number of thiophene rings is 1. The lowest BCUT2D eigenvalue weighted by Crippen LogP contribution is -2.25. The van der Waals surface area contributed by atoms with E-state index in [0.717, 1.165) is 44.0 Å². The van der Waals surface area contributed by atoms with E-state index in [2.05, 4.69) is 51.9 Å². The first-order valence-electron chi connectivity index (χ1n) is 10.5. The molecule has 0 spiro atoms. The summed E-state index contributed by atoms with van der Waals surface area (Å²) in [5, 5.41) is 7.31. The molecule has 0 saturated carbocycles. The van der Waals surface area contributed by atoms with Crippen LogP contribution < -0.4 is 5.32 Å². The molecule has 0 bridgehead atoms. The van der Waals surface area contributed by atoms with Crippen LogP contribution in [-0.4, -0.2) is 21.1 Å². The summed E-state index contributed by atoms with van der Waals surface area (Å²) in [6, 6.07) is 14.1. The Kier molecular flexibility index (Phi) is 7.13. The highest BCUT2D eigenvalue weighted by Crippen LogP contribution is 2.39. The Labute approximate surface area is 201 Å². The number of carbonyl (C=O) groups excluding carboxylic acids is 1. The second-order valence-electron chi connectivity index (χ2n) is 7.52. The molecule has 0 saturated heterocycles. The average Bonchev–Trinajstić information content (AvgIpc) is 3.25. The molecule has 2 aromatic heterocycles. The first kappa shape index (κ1) is 22.8. The van der Waals surface area contributed by atoms with E-state index in [1.54, 1.807) is 23.7 Å². The largest absolute Gasteiger partial charge is 0.325 e. The zero-order chi connectivity index (χ0) is 22.7. The molecule has 0 aliphatic heterocycles. The van der Waals surface area contributed by atoms with Crippen molar-refractivity contribution < 1.29 is 4.79 Å². The molecule has 0 radical (unpaired) electrons. The highest BCUT2D eigenvalue weighted by Gasteiger charge is 2.22. The van der Waals surface area contributed by atoms with Gasteiger partial charge in [-0.2, -0.15) is 0 Å². The summed E-state index contributed by atoms with van der Waals surface area (Å²) in [7, 11) is 0. The molecule has 4 nitrogen and oxygen atoms in total. The lowest BCUT2D eigenvalue weighted by molar-refractivity contribution is -0.115. The fourth-order valence-electron chi connectivity index (χ4n) is 3.47. The summed E-state index contributed by atoms with van der Waals surface area (Å²) >= 11 is 9.21. The van der Waals surface area contributed by atoms with E-state index in [1.165, 1.54) is 17.3 Å². The standard InChI is InChI=1S/C25H24ClN3OS2/c1-4-16-7-9-17(10-8-16)19-13-31-24-22(19)25(28-14-27-24)32-21(5-2)23(30)29-20-12-18(26)11-6-15(20)3/h6-14,21H,4-5H2,1-3H3,(H,29,30). The maximum atomic E-state index is 13.1. The molecule has 4 rings (SSSR count). The van der Waals surface area contributed by atoms with Gasteiger partial charge in [-0.15, -0.1) is 11.3 Å². The van der Waals surface area contributed by atoms with Crippen LogP contribution in [0.25, 0.3) is 21.3 Å². The summed E-state index contributed by atoms with van der Waals surface area (Å²) in [6.07, 6.45) is 3.26. The number of anilines is 1. The summed E-state index contributed by atoms with van der Waals surface area (Å²) in [5.41, 5.74) is 5.26. The third-order valence-electron chi connectivity index (χ3n) is 5.38. The zero-order valence-corrected chi connectivity index (χ0v) is 20.6. The number of amides is 1. The van der Waals surface area contributed by atoms with Crippen LogP contribution in [-0.2, 0) is 11.2 Å². The molecule has 0 aliphatic carbocycles. The van der Waals surface area contributed by atoms with E-state index in [4.69, 9.17) is 11.6 Å². The average molecular weight is 482 g/mol. The van der Waals surface area contributed by atoms with Gasteiger partial charge in [0.15, 0.2) is 0 Å². The van der Waals surface area contributed by atoms with Crippen LogP contribution in [0.2, 0.25) is 5.02 Å². The number of fused-ring (bicyclic) bond motifs is 1. The van der Waals surface area contributed by atoms with Crippen molar-refractivity contribution in [1.82, 2.24) is 9.97 Å². The molecule has 4 aromatic rings. The van der Waals surface area contributed by atoms with Crippen LogP contribution in [0.15, 0.2) is 59.2 Å². The van der Waals surface area contributed by atoms with E-state index >= 15 is 0 Å². The van der Waals surface area contributed by atoms with Gasteiger partial charge in [0, 0.05) is 21.7 Å². The highest BCUT2D eigenvalue weighted by molar-refractivity contribution is 8.00. The number of aromatic nitrogens is 2. The van der Waals surface area contributed by atoms with Gasteiger partial charge in [0.25, 0.3) is 0 Å². The van der Waals surface area contributed by atoms with Gasteiger partial charge in [0.2, 0.25) is 5.91 Å². The monoisotopic (exact) mass is 481 g/mol. The molecule has 1 N–H and O–H groups in total. The number of nitrogens with zero attached hydrogens (tertiary/aromatic N) is 2. The normalized spacial score (nSPS) is 12.1. The predicted molar refractivity (Wildman–Crippen MR) is 137 cm³/mol. The topological polar surface area (TPSA) is 54.9 Å². The molecule has 32 heavy (non-hydrogen) atoms. The maximum Gasteiger partial charge on any atom is 0.237 e.